The highest BCUT2D eigenvalue weighted by Crippen LogP contribution is 2.30. The second-order valence-electron chi connectivity index (χ2n) is 6.16. The minimum Gasteiger partial charge on any atom is -0.489 e. The van der Waals surface area contributed by atoms with Crippen LogP contribution in [0.25, 0.3) is 11.1 Å². The molecule has 0 aliphatic heterocycles. The van der Waals surface area contributed by atoms with Crippen LogP contribution in [0.5, 0.6) is 5.75 Å². The van der Waals surface area contributed by atoms with Crippen LogP contribution >= 0.6 is 11.6 Å². The van der Waals surface area contributed by atoms with E-state index in [4.69, 9.17) is 22.1 Å². The molecule has 0 radical (unpaired) electrons. The van der Waals surface area contributed by atoms with Crippen molar-refractivity contribution in [1.29, 1.82) is 0 Å². The van der Waals surface area contributed by atoms with E-state index in [2.05, 4.69) is 0 Å². The average Bonchev–Trinajstić information content (AvgIpc) is 2.68. The number of halogens is 2. The van der Waals surface area contributed by atoms with Crippen LogP contribution in [0, 0.1) is 5.82 Å². The van der Waals surface area contributed by atoms with Crippen molar-refractivity contribution in [3.8, 4) is 16.9 Å². The zero-order chi connectivity index (χ0) is 22.0. The van der Waals surface area contributed by atoms with Gasteiger partial charge in [0.15, 0.2) is 0 Å². The van der Waals surface area contributed by atoms with Gasteiger partial charge in [0.25, 0.3) is 5.56 Å². The lowest BCUT2D eigenvalue weighted by Gasteiger charge is -2.13. The Kier molecular flexibility index (Phi) is 5.74. The molecule has 2 aromatic carbocycles. The van der Waals surface area contributed by atoms with Gasteiger partial charge in [0, 0.05) is 5.56 Å². The summed E-state index contributed by atoms with van der Waals surface area (Å²) >= 11 is 5.73. The second kappa shape index (κ2) is 8.26. The Morgan fingerprint density at radius 3 is 2.27 bits per heavy atom. The Morgan fingerprint density at radius 1 is 1.07 bits per heavy atom. The number of carboxylic acid groups (broad SMARTS) is 2. The number of aromatic carboxylic acids is 2. The van der Waals surface area contributed by atoms with Crippen molar-refractivity contribution in [2.45, 2.75) is 6.61 Å². The summed E-state index contributed by atoms with van der Waals surface area (Å²) in [5.74, 6) is -3.73. The number of rotatable bonds is 6. The van der Waals surface area contributed by atoms with Crippen LogP contribution in [0.15, 0.2) is 47.3 Å². The summed E-state index contributed by atoms with van der Waals surface area (Å²) in [5.41, 5.74) is 3.78. The summed E-state index contributed by atoms with van der Waals surface area (Å²) in [6.45, 7) is 0.0814. The summed E-state index contributed by atoms with van der Waals surface area (Å²) in [6.07, 6.45) is 0. The van der Waals surface area contributed by atoms with Gasteiger partial charge in [0.1, 0.15) is 35.1 Å². The largest absolute Gasteiger partial charge is 0.489 e. The molecule has 0 saturated heterocycles. The Hall–Kier alpha value is -3.85. The van der Waals surface area contributed by atoms with Crippen molar-refractivity contribution in [2.75, 3.05) is 5.73 Å². The lowest BCUT2D eigenvalue weighted by atomic mass is 9.95. The molecule has 1 aromatic heterocycles. The Morgan fingerprint density at radius 2 is 1.70 bits per heavy atom. The molecule has 0 saturated carbocycles. The summed E-state index contributed by atoms with van der Waals surface area (Å²) in [5, 5.41) is 18.8. The van der Waals surface area contributed by atoms with Gasteiger partial charge in [-0.05, 0) is 35.4 Å². The first-order valence-corrected chi connectivity index (χ1v) is 8.76. The molecular weight excluding hydrogens is 419 g/mol. The van der Waals surface area contributed by atoms with Gasteiger partial charge in [0.2, 0.25) is 0 Å². The number of hydrogen-bond donors (Lipinski definition) is 4. The minimum absolute atomic E-state index is 0.0410. The van der Waals surface area contributed by atoms with Crippen LogP contribution < -0.4 is 16.0 Å². The quantitative estimate of drug-likeness (QED) is 0.467. The van der Waals surface area contributed by atoms with Gasteiger partial charge in [-0.1, -0.05) is 29.8 Å². The van der Waals surface area contributed by atoms with Gasteiger partial charge in [-0.25, -0.2) is 14.0 Å². The zero-order valence-corrected chi connectivity index (χ0v) is 15.9. The van der Waals surface area contributed by atoms with Crippen LogP contribution in [0.4, 0.5) is 10.2 Å². The van der Waals surface area contributed by atoms with E-state index < -0.39 is 40.3 Å². The van der Waals surface area contributed by atoms with Crippen LogP contribution in [0.1, 0.15) is 26.3 Å². The molecule has 5 N–H and O–H groups in total. The number of aromatic amines is 1. The van der Waals surface area contributed by atoms with Crippen molar-refractivity contribution in [3.05, 3.63) is 80.3 Å². The molecule has 154 valence electrons. The summed E-state index contributed by atoms with van der Waals surface area (Å²) < 4.78 is 18.8. The summed E-state index contributed by atoms with van der Waals surface area (Å²) in [4.78, 5) is 37.3. The minimum atomic E-state index is -1.60. The molecule has 0 amide bonds. The fourth-order valence-corrected chi connectivity index (χ4v) is 3.05. The maximum Gasteiger partial charge on any atom is 0.342 e. The van der Waals surface area contributed by atoms with Crippen molar-refractivity contribution in [1.82, 2.24) is 4.98 Å². The van der Waals surface area contributed by atoms with Crippen molar-refractivity contribution in [2.24, 2.45) is 0 Å². The molecule has 8 nitrogen and oxygen atoms in total. The Labute approximate surface area is 173 Å². The van der Waals surface area contributed by atoms with Crippen molar-refractivity contribution < 1.29 is 28.9 Å². The fourth-order valence-electron chi connectivity index (χ4n) is 2.85. The van der Waals surface area contributed by atoms with Gasteiger partial charge in [0.05, 0.1) is 5.02 Å². The molecule has 3 aromatic rings. The average molecular weight is 433 g/mol. The van der Waals surface area contributed by atoms with Crippen LogP contribution in [-0.2, 0) is 6.61 Å². The topological polar surface area (TPSA) is 143 Å². The normalized spacial score (nSPS) is 10.6. The van der Waals surface area contributed by atoms with E-state index in [0.29, 0.717) is 11.3 Å². The number of H-pyrrole nitrogens is 1. The lowest BCUT2D eigenvalue weighted by molar-refractivity contribution is 0.0695. The number of nitrogens with one attached hydrogen (secondary N) is 1. The first-order valence-electron chi connectivity index (χ1n) is 8.38. The van der Waals surface area contributed by atoms with Crippen LogP contribution in [0.3, 0.4) is 0 Å². The van der Waals surface area contributed by atoms with E-state index in [1.54, 1.807) is 0 Å². The predicted molar refractivity (Wildman–Crippen MR) is 107 cm³/mol. The standard InChI is InChI=1S/C20H14ClFN2O6/c21-12-7-9(1-6-13(12)22)8-30-11-4-2-10(3-5-11)14-15(19(26)27)17(23)24-18(25)16(14)20(28)29/h1-7H,8H2,(H,26,27)(H,28,29)(H3,23,24,25). The molecular formula is C20H14ClFN2O6. The molecule has 0 atom stereocenters. The van der Waals surface area contributed by atoms with Gasteiger partial charge < -0.3 is 25.7 Å². The van der Waals surface area contributed by atoms with E-state index in [9.17, 15) is 29.0 Å². The summed E-state index contributed by atoms with van der Waals surface area (Å²) in [7, 11) is 0. The highest BCUT2D eigenvalue weighted by molar-refractivity contribution is 6.30. The number of nitrogens with two attached hydrogens (primary N) is 1. The molecule has 10 heteroatoms. The molecule has 3 rings (SSSR count). The third kappa shape index (κ3) is 4.11. The summed E-state index contributed by atoms with van der Waals surface area (Å²) in [6, 6.07) is 9.88. The van der Waals surface area contributed by atoms with E-state index >= 15 is 0 Å². The first kappa shape index (κ1) is 20.9. The number of carbonyl (C=O) groups is 2. The van der Waals surface area contributed by atoms with E-state index in [0.717, 1.165) is 0 Å². The number of pyridine rings is 1. The number of hydrogen-bond acceptors (Lipinski definition) is 5. The number of ether oxygens (including phenoxy) is 1. The number of anilines is 1. The predicted octanol–water partition coefficient (Wildman–Crippen LogP) is 3.39. The molecule has 0 aliphatic carbocycles. The van der Waals surface area contributed by atoms with Gasteiger partial charge in [-0.3, -0.25) is 4.79 Å². The lowest BCUT2D eigenvalue weighted by Crippen LogP contribution is -2.24. The van der Waals surface area contributed by atoms with Gasteiger partial charge in [-0.2, -0.15) is 0 Å². The Bertz CT molecular complexity index is 1210. The second-order valence-corrected chi connectivity index (χ2v) is 6.57. The zero-order valence-electron chi connectivity index (χ0n) is 15.1. The first-order chi connectivity index (χ1) is 14.2. The smallest absolute Gasteiger partial charge is 0.342 e. The molecule has 0 bridgehead atoms. The van der Waals surface area contributed by atoms with Crippen LogP contribution in [-0.4, -0.2) is 27.1 Å². The number of nitrogen functional groups attached to an aromatic ring is 1. The molecule has 0 fully saturated rings. The molecule has 0 unspecified atom stereocenters. The highest BCUT2D eigenvalue weighted by Gasteiger charge is 2.26. The number of benzene rings is 2. The third-order valence-corrected chi connectivity index (χ3v) is 4.49. The van der Waals surface area contributed by atoms with Crippen molar-refractivity contribution >= 4 is 29.4 Å². The molecule has 0 aliphatic rings. The van der Waals surface area contributed by atoms with Crippen molar-refractivity contribution in [3.63, 3.8) is 0 Å². The highest BCUT2D eigenvalue weighted by atomic mass is 35.5. The number of carboxylic acids is 2. The number of aromatic nitrogens is 1. The third-order valence-electron chi connectivity index (χ3n) is 4.20. The van der Waals surface area contributed by atoms with E-state index in [-0.39, 0.29) is 22.8 Å². The Balaban J connectivity index is 1.96. The SMILES string of the molecule is Nc1[nH]c(=O)c(C(=O)O)c(-c2ccc(OCc3ccc(F)c(Cl)c3)cc2)c1C(=O)O. The fraction of sp³-hybridized carbons (Fsp3) is 0.0500. The molecule has 30 heavy (non-hydrogen) atoms. The maximum absolute atomic E-state index is 13.2. The van der Waals surface area contributed by atoms with Crippen LogP contribution in [0.2, 0.25) is 5.02 Å². The molecule has 1 heterocycles. The van der Waals surface area contributed by atoms with Gasteiger partial charge in [-0.15, -0.1) is 0 Å². The maximum atomic E-state index is 13.2. The van der Waals surface area contributed by atoms with Gasteiger partial charge >= 0.3 is 11.9 Å². The monoisotopic (exact) mass is 432 g/mol. The van der Waals surface area contributed by atoms with E-state index in [1.807, 2.05) is 4.98 Å². The molecule has 0 spiro atoms. The van der Waals surface area contributed by atoms with E-state index in [1.165, 1.54) is 42.5 Å².